The van der Waals surface area contributed by atoms with Crippen LogP contribution in [0.5, 0.6) is 0 Å². The molecule has 0 heterocycles. The predicted molar refractivity (Wildman–Crippen MR) is 83.8 cm³/mol. The van der Waals surface area contributed by atoms with E-state index < -0.39 is 15.9 Å². The molecular weight excluding hydrogens is 288 g/mol. The van der Waals surface area contributed by atoms with Crippen LogP contribution in [0.2, 0.25) is 0 Å². The molecule has 1 atom stereocenters. The number of hydrogen-bond donors (Lipinski definition) is 1. The fraction of sp³-hybridized carbons (Fsp3) is 0.200. The lowest BCUT2D eigenvalue weighted by Gasteiger charge is -2.13. The van der Waals surface area contributed by atoms with Gasteiger partial charge in [0.2, 0.25) is 0 Å². The van der Waals surface area contributed by atoms with Crippen molar-refractivity contribution >= 4 is 22.4 Å². The number of nitrogens with zero attached hydrogens (tertiary/aromatic N) is 1. The Hall–Kier alpha value is -2.21. The number of nitrogens with one attached hydrogen (secondary N) is 1. The highest BCUT2D eigenvalue weighted by Gasteiger charge is 2.11. The van der Waals surface area contributed by atoms with Crippen LogP contribution in [0, 0.1) is 30.9 Å². The molecule has 0 spiro atoms. The number of nitro benzene ring substituents is 1. The molecule has 0 aliphatic heterocycles. The van der Waals surface area contributed by atoms with Crippen LogP contribution in [0.1, 0.15) is 16.7 Å². The standard InChI is InChI=1S/C15H16N2O3S/c1-10-8-11(2)15(12(3)9-10)16-21(20)14-6-4-13(5-7-14)17(18)19/h4-9,16H,1-3H3. The molecule has 2 rings (SSSR count). The lowest BCUT2D eigenvalue weighted by molar-refractivity contribution is -0.384. The maximum atomic E-state index is 12.3. The van der Waals surface area contributed by atoms with Crippen molar-refractivity contribution in [1.82, 2.24) is 0 Å². The first-order chi connectivity index (χ1) is 9.88. The second-order valence-corrected chi connectivity index (χ2v) is 6.11. The van der Waals surface area contributed by atoms with E-state index in [9.17, 15) is 14.3 Å². The Bertz CT molecular complexity index is 688. The third-order valence-electron chi connectivity index (χ3n) is 3.13. The Morgan fingerprint density at radius 1 is 1.05 bits per heavy atom. The Labute approximate surface area is 125 Å². The van der Waals surface area contributed by atoms with Crippen molar-refractivity contribution in [3.8, 4) is 0 Å². The molecule has 2 aromatic rings. The highest BCUT2D eigenvalue weighted by Crippen LogP contribution is 2.24. The first kappa shape index (κ1) is 15.2. The van der Waals surface area contributed by atoms with E-state index in [2.05, 4.69) is 4.72 Å². The van der Waals surface area contributed by atoms with E-state index in [-0.39, 0.29) is 5.69 Å². The maximum absolute atomic E-state index is 12.3. The van der Waals surface area contributed by atoms with Crippen molar-refractivity contribution in [3.63, 3.8) is 0 Å². The number of anilines is 1. The first-order valence-corrected chi connectivity index (χ1v) is 7.54. The fourth-order valence-corrected chi connectivity index (χ4v) is 3.19. The van der Waals surface area contributed by atoms with Gasteiger partial charge in [0.05, 0.1) is 15.5 Å². The molecule has 0 aliphatic rings. The monoisotopic (exact) mass is 304 g/mol. The molecule has 21 heavy (non-hydrogen) atoms. The van der Waals surface area contributed by atoms with Gasteiger partial charge in [-0.1, -0.05) is 17.7 Å². The summed E-state index contributed by atoms with van der Waals surface area (Å²) < 4.78 is 15.3. The number of aryl methyl sites for hydroxylation is 3. The molecule has 0 amide bonds. The van der Waals surface area contributed by atoms with Gasteiger partial charge in [-0.3, -0.25) is 10.1 Å². The number of hydrogen-bond acceptors (Lipinski definition) is 3. The smallest absolute Gasteiger partial charge is 0.269 e. The van der Waals surface area contributed by atoms with E-state index in [0.29, 0.717) is 4.90 Å². The highest BCUT2D eigenvalue weighted by molar-refractivity contribution is 7.86. The molecule has 2 aromatic carbocycles. The summed E-state index contributed by atoms with van der Waals surface area (Å²) in [6.07, 6.45) is 0. The summed E-state index contributed by atoms with van der Waals surface area (Å²) in [6.45, 7) is 5.92. The summed E-state index contributed by atoms with van der Waals surface area (Å²) in [5.41, 5.74) is 4.00. The normalized spacial score (nSPS) is 12.0. The van der Waals surface area contributed by atoms with Crippen molar-refractivity contribution in [2.24, 2.45) is 0 Å². The minimum absolute atomic E-state index is 0.0153. The minimum Gasteiger partial charge on any atom is -0.301 e. The molecule has 0 bridgehead atoms. The summed E-state index contributed by atoms with van der Waals surface area (Å²) >= 11 is 0. The Morgan fingerprint density at radius 3 is 2.05 bits per heavy atom. The molecule has 1 N–H and O–H groups in total. The van der Waals surface area contributed by atoms with E-state index in [1.165, 1.54) is 24.3 Å². The SMILES string of the molecule is Cc1cc(C)c(NS(=O)c2ccc([N+](=O)[O-])cc2)c(C)c1. The fourth-order valence-electron chi connectivity index (χ4n) is 2.18. The molecule has 0 saturated heterocycles. The number of rotatable bonds is 4. The van der Waals surface area contributed by atoms with Gasteiger partial charge >= 0.3 is 0 Å². The Morgan fingerprint density at radius 2 is 1.57 bits per heavy atom. The van der Waals surface area contributed by atoms with Crippen LogP contribution in [-0.2, 0) is 11.0 Å². The van der Waals surface area contributed by atoms with Gasteiger partial charge in [0.1, 0.15) is 11.0 Å². The van der Waals surface area contributed by atoms with Crippen molar-refractivity contribution < 1.29 is 9.13 Å². The van der Waals surface area contributed by atoms with E-state index in [1.807, 2.05) is 32.9 Å². The second-order valence-electron chi connectivity index (χ2n) is 4.90. The molecule has 0 aliphatic carbocycles. The van der Waals surface area contributed by atoms with Gasteiger partial charge in [-0.25, -0.2) is 4.21 Å². The van der Waals surface area contributed by atoms with Gasteiger partial charge < -0.3 is 4.72 Å². The molecular formula is C15H16N2O3S. The zero-order chi connectivity index (χ0) is 15.6. The number of non-ortho nitro benzene ring substituents is 1. The average Bonchev–Trinajstić information content (AvgIpc) is 2.42. The molecule has 6 heteroatoms. The van der Waals surface area contributed by atoms with Crippen molar-refractivity contribution in [2.45, 2.75) is 25.7 Å². The van der Waals surface area contributed by atoms with Crippen molar-refractivity contribution in [1.29, 1.82) is 0 Å². The zero-order valence-corrected chi connectivity index (χ0v) is 12.9. The summed E-state index contributed by atoms with van der Waals surface area (Å²) in [6, 6.07) is 9.73. The summed E-state index contributed by atoms with van der Waals surface area (Å²) in [5, 5.41) is 10.6. The summed E-state index contributed by atoms with van der Waals surface area (Å²) in [5.74, 6) is 0. The van der Waals surface area contributed by atoms with Gasteiger partial charge in [-0.2, -0.15) is 0 Å². The van der Waals surface area contributed by atoms with Crippen LogP contribution in [0.4, 0.5) is 11.4 Å². The van der Waals surface area contributed by atoms with Gasteiger partial charge in [0.25, 0.3) is 5.69 Å². The highest BCUT2D eigenvalue weighted by atomic mass is 32.2. The molecule has 0 aromatic heterocycles. The second kappa shape index (κ2) is 6.05. The first-order valence-electron chi connectivity index (χ1n) is 6.39. The third-order valence-corrected chi connectivity index (χ3v) is 4.22. The lowest BCUT2D eigenvalue weighted by atomic mass is 10.1. The van der Waals surface area contributed by atoms with Gasteiger partial charge in [-0.05, 0) is 44.0 Å². The van der Waals surface area contributed by atoms with Crippen LogP contribution >= 0.6 is 0 Å². The van der Waals surface area contributed by atoms with E-state index in [1.54, 1.807) is 0 Å². The summed E-state index contributed by atoms with van der Waals surface area (Å²) in [7, 11) is -1.46. The summed E-state index contributed by atoms with van der Waals surface area (Å²) in [4.78, 5) is 10.6. The largest absolute Gasteiger partial charge is 0.301 e. The molecule has 5 nitrogen and oxygen atoms in total. The molecule has 0 saturated carbocycles. The van der Waals surface area contributed by atoms with Crippen LogP contribution in [-0.4, -0.2) is 9.13 Å². The van der Waals surface area contributed by atoms with Crippen LogP contribution in [0.25, 0.3) is 0 Å². The topological polar surface area (TPSA) is 72.2 Å². The van der Waals surface area contributed by atoms with Crippen LogP contribution in [0.15, 0.2) is 41.3 Å². The number of nitro groups is 1. The van der Waals surface area contributed by atoms with E-state index in [0.717, 1.165) is 22.4 Å². The zero-order valence-electron chi connectivity index (χ0n) is 12.0. The Balaban J connectivity index is 2.24. The van der Waals surface area contributed by atoms with Crippen molar-refractivity contribution in [3.05, 3.63) is 63.2 Å². The molecule has 0 fully saturated rings. The quantitative estimate of drug-likeness (QED) is 0.692. The minimum atomic E-state index is -1.46. The van der Waals surface area contributed by atoms with Gasteiger partial charge in [0, 0.05) is 12.1 Å². The van der Waals surface area contributed by atoms with Gasteiger partial charge in [0.15, 0.2) is 0 Å². The van der Waals surface area contributed by atoms with E-state index >= 15 is 0 Å². The average molecular weight is 304 g/mol. The number of benzene rings is 2. The van der Waals surface area contributed by atoms with Crippen molar-refractivity contribution in [2.75, 3.05) is 4.72 Å². The molecule has 110 valence electrons. The Kier molecular flexibility index (Phi) is 4.37. The lowest BCUT2D eigenvalue weighted by Crippen LogP contribution is -2.07. The van der Waals surface area contributed by atoms with Gasteiger partial charge in [-0.15, -0.1) is 0 Å². The third kappa shape index (κ3) is 3.46. The van der Waals surface area contributed by atoms with E-state index in [4.69, 9.17) is 0 Å². The van der Waals surface area contributed by atoms with Crippen LogP contribution in [0.3, 0.4) is 0 Å². The molecule has 0 radical (unpaired) electrons. The molecule has 1 unspecified atom stereocenters. The van der Waals surface area contributed by atoms with Crippen LogP contribution < -0.4 is 4.72 Å². The predicted octanol–water partition coefficient (Wildman–Crippen LogP) is 3.65. The maximum Gasteiger partial charge on any atom is 0.269 e.